The van der Waals surface area contributed by atoms with Crippen molar-refractivity contribution >= 4 is 29.2 Å². The molecular weight excluding hydrogens is 308 g/mol. The zero-order chi connectivity index (χ0) is 16.3. The van der Waals surface area contributed by atoms with E-state index in [2.05, 4.69) is 4.98 Å². The average molecular weight is 318 g/mol. The van der Waals surface area contributed by atoms with Gasteiger partial charge < -0.3 is 5.11 Å². The molecule has 0 aliphatic carbocycles. The van der Waals surface area contributed by atoms with Crippen molar-refractivity contribution in [2.45, 2.75) is 16.8 Å². The molecule has 7 nitrogen and oxygen atoms in total. The Bertz CT molecular complexity index is 776. The first-order chi connectivity index (χ1) is 10.4. The largest absolute Gasteiger partial charge is 0.478 e. The van der Waals surface area contributed by atoms with E-state index in [0.717, 1.165) is 11.8 Å². The Kier molecular flexibility index (Phi) is 4.52. The van der Waals surface area contributed by atoms with E-state index in [-0.39, 0.29) is 32.5 Å². The van der Waals surface area contributed by atoms with Crippen molar-refractivity contribution in [1.29, 1.82) is 0 Å². The number of nitro groups is 1. The quantitative estimate of drug-likeness (QED) is 0.512. The third kappa shape index (κ3) is 3.29. The number of carboxylic acid groups (broad SMARTS) is 1. The Morgan fingerprint density at radius 2 is 2.05 bits per heavy atom. The average Bonchev–Trinajstić information content (AvgIpc) is 2.47. The first-order valence-corrected chi connectivity index (χ1v) is 6.87. The number of carbonyl (C=O) groups is 2. The van der Waals surface area contributed by atoms with E-state index in [4.69, 9.17) is 5.11 Å². The summed E-state index contributed by atoms with van der Waals surface area (Å²) in [5.41, 5.74) is -0.0901. The Balaban J connectivity index is 2.48. The lowest BCUT2D eigenvalue weighted by Crippen LogP contribution is -2.01. The number of aromatic carboxylic acids is 1. The molecule has 2 rings (SSSR count). The van der Waals surface area contributed by atoms with Gasteiger partial charge in [0, 0.05) is 17.8 Å². The van der Waals surface area contributed by atoms with Gasteiger partial charge in [-0.1, -0.05) is 11.8 Å². The van der Waals surface area contributed by atoms with Gasteiger partial charge in [-0.15, -0.1) is 0 Å². The molecule has 0 aliphatic heterocycles. The van der Waals surface area contributed by atoms with Crippen LogP contribution < -0.4 is 0 Å². The summed E-state index contributed by atoms with van der Waals surface area (Å²) in [6, 6.07) is 6.89. The Morgan fingerprint density at radius 1 is 1.32 bits per heavy atom. The van der Waals surface area contributed by atoms with Crippen LogP contribution >= 0.6 is 11.8 Å². The Morgan fingerprint density at radius 3 is 2.64 bits per heavy atom. The standard InChI is InChI=1S/C14H10N2O5S/c1-8(17)9-4-5-12(11(7-9)16(20)21)22-13-10(14(18)19)3-2-6-15-13/h2-7H,1H3,(H,18,19). The van der Waals surface area contributed by atoms with Gasteiger partial charge in [0.15, 0.2) is 5.78 Å². The van der Waals surface area contributed by atoms with Crippen molar-refractivity contribution in [1.82, 2.24) is 4.98 Å². The molecule has 22 heavy (non-hydrogen) atoms. The van der Waals surface area contributed by atoms with Gasteiger partial charge in [-0.3, -0.25) is 14.9 Å². The molecule has 0 unspecified atom stereocenters. The number of hydrogen-bond donors (Lipinski definition) is 1. The third-order valence-electron chi connectivity index (χ3n) is 2.77. The summed E-state index contributed by atoms with van der Waals surface area (Å²) >= 11 is 0.873. The van der Waals surface area contributed by atoms with E-state index in [0.29, 0.717) is 0 Å². The van der Waals surface area contributed by atoms with Crippen LogP contribution in [0.25, 0.3) is 0 Å². The molecule has 8 heteroatoms. The number of rotatable bonds is 5. The molecule has 0 radical (unpaired) electrons. The van der Waals surface area contributed by atoms with Crippen molar-refractivity contribution < 1.29 is 19.6 Å². The predicted octanol–water partition coefficient (Wildman–Crippen LogP) is 3.04. The maximum absolute atomic E-state index is 11.3. The second-order valence-corrected chi connectivity index (χ2v) is 5.29. The van der Waals surface area contributed by atoms with Crippen molar-refractivity contribution in [3.63, 3.8) is 0 Å². The minimum Gasteiger partial charge on any atom is -0.478 e. The molecule has 2 aromatic rings. The highest BCUT2D eigenvalue weighted by Gasteiger charge is 2.20. The number of benzene rings is 1. The summed E-state index contributed by atoms with van der Waals surface area (Å²) < 4.78 is 0. The fourth-order valence-electron chi connectivity index (χ4n) is 1.70. The first kappa shape index (κ1) is 15.6. The van der Waals surface area contributed by atoms with Crippen molar-refractivity contribution in [2.24, 2.45) is 0 Å². The molecule has 1 N–H and O–H groups in total. The number of nitro benzene ring substituents is 1. The number of pyridine rings is 1. The minimum atomic E-state index is -1.17. The van der Waals surface area contributed by atoms with Gasteiger partial charge in [-0.25, -0.2) is 9.78 Å². The molecule has 1 heterocycles. The summed E-state index contributed by atoms with van der Waals surface area (Å²) in [7, 11) is 0. The van der Waals surface area contributed by atoms with E-state index in [1.54, 1.807) is 0 Å². The molecule has 0 aliphatic rings. The number of nitrogens with zero attached hydrogens (tertiary/aromatic N) is 2. The van der Waals surface area contributed by atoms with Gasteiger partial charge in [-0.05, 0) is 31.2 Å². The Hall–Kier alpha value is -2.74. The molecule has 0 bridgehead atoms. The molecule has 0 saturated carbocycles. The molecule has 0 spiro atoms. The highest BCUT2D eigenvalue weighted by Crippen LogP contribution is 2.35. The van der Waals surface area contributed by atoms with Gasteiger partial charge in [-0.2, -0.15) is 0 Å². The fourth-order valence-corrected chi connectivity index (χ4v) is 2.67. The summed E-state index contributed by atoms with van der Waals surface area (Å²) in [6.07, 6.45) is 1.41. The van der Waals surface area contributed by atoms with Gasteiger partial charge in [0.25, 0.3) is 5.69 Å². The number of aromatic nitrogens is 1. The first-order valence-electron chi connectivity index (χ1n) is 6.05. The van der Waals surface area contributed by atoms with Crippen LogP contribution in [-0.2, 0) is 0 Å². The topological polar surface area (TPSA) is 110 Å². The second kappa shape index (κ2) is 6.35. The van der Waals surface area contributed by atoms with E-state index in [1.807, 2.05) is 0 Å². The maximum atomic E-state index is 11.3. The minimum absolute atomic E-state index is 0.0440. The van der Waals surface area contributed by atoms with Crippen LogP contribution in [0.5, 0.6) is 0 Å². The molecule has 1 aromatic carbocycles. The summed E-state index contributed by atoms with van der Waals surface area (Å²) in [4.78, 5) is 37.2. The highest BCUT2D eigenvalue weighted by molar-refractivity contribution is 7.99. The molecule has 0 saturated heterocycles. The van der Waals surface area contributed by atoms with Gasteiger partial charge >= 0.3 is 5.97 Å². The van der Waals surface area contributed by atoms with E-state index < -0.39 is 10.9 Å². The third-order valence-corrected chi connectivity index (χ3v) is 3.85. The lowest BCUT2D eigenvalue weighted by atomic mass is 10.1. The zero-order valence-electron chi connectivity index (χ0n) is 11.3. The highest BCUT2D eigenvalue weighted by atomic mass is 32.2. The monoisotopic (exact) mass is 318 g/mol. The van der Waals surface area contributed by atoms with Crippen LogP contribution in [0.1, 0.15) is 27.6 Å². The van der Waals surface area contributed by atoms with Crippen molar-refractivity contribution in [2.75, 3.05) is 0 Å². The second-order valence-electron chi connectivity index (χ2n) is 4.26. The number of carboxylic acids is 1. The molecule has 0 amide bonds. The van der Waals surface area contributed by atoms with Crippen LogP contribution in [-0.4, -0.2) is 26.8 Å². The van der Waals surface area contributed by atoms with Crippen molar-refractivity contribution in [3.05, 3.63) is 57.8 Å². The molecular formula is C14H10N2O5S. The van der Waals surface area contributed by atoms with Crippen LogP contribution in [0.15, 0.2) is 46.5 Å². The van der Waals surface area contributed by atoms with E-state index >= 15 is 0 Å². The SMILES string of the molecule is CC(=O)c1ccc(Sc2ncccc2C(=O)O)c([N+](=O)[O-])c1. The lowest BCUT2D eigenvalue weighted by Gasteiger charge is -2.06. The number of carbonyl (C=O) groups excluding carboxylic acids is 1. The molecule has 0 atom stereocenters. The Labute approximate surface area is 129 Å². The lowest BCUT2D eigenvalue weighted by molar-refractivity contribution is -0.387. The summed E-state index contributed by atoms with van der Waals surface area (Å²) in [5, 5.41) is 20.4. The molecule has 112 valence electrons. The van der Waals surface area contributed by atoms with Crippen molar-refractivity contribution in [3.8, 4) is 0 Å². The number of Topliss-reactive ketones (excluding diaryl/α,β-unsaturated/α-hetero) is 1. The smallest absolute Gasteiger partial charge is 0.338 e. The fraction of sp³-hybridized carbons (Fsp3) is 0.0714. The van der Waals surface area contributed by atoms with Gasteiger partial charge in [0.05, 0.1) is 15.4 Å². The van der Waals surface area contributed by atoms with E-state index in [1.165, 1.54) is 43.5 Å². The number of hydrogen-bond acceptors (Lipinski definition) is 6. The normalized spacial score (nSPS) is 10.2. The van der Waals surface area contributed by atoms with Crippen LogP contribution in [0, 0.1) is 10.1 Å². The van der Waals surface area contributed by atoms with Gasteiger partial charge in [0.1, 0.15) is 5.03 Å². The number of ketones is 1. The summed E-state index contributed by atoms with van der Waals surface area (Å²) in [5.74, 6) is -1.46. The van der Waals surface area contributed by atoms with Crippen LogP contribution in [0.2, 0.25) is 0 Å². The van der Waals surface area contributed by atoms with E-state index in [9.17, 15) is 19.7 Å². The maximum Gasteiger partial charge on any atom is 0.338 e. The molecule has 0 fully saturated rings. The molecule has 1 aromatic heterocycles. The van der Waals surface area contributed by atoms with Crippen LogP contribution in [0.4, 0.5) is 5.69 Å². The van der Waals surface area contributed by atoms with Gasteiger partial charge in [0.2, 0.25) is 0 Å². The summed E-state index contributed by atoms with van der Waals surface area (Å²) in [6.45, 7) is 1.31. The zero-order valence-corrected chi connectivity index (χ0v) is 12.2. The predicted molar refractivity (Wildman–Crippen MR) is 78.4 cm³/mol. The van der Waals surface area contributed by atoms with Crippen LogP contribution in [0.3, 0.4) is 0 Å².